The molecule has 0 radical (unpaired) electrons. The van der Waals surface area contributed by atoms with Crippen LogP contribution in [-0.4, -0.2) is 29.6 Å². The Bertz CT molecular complexity index is 548. The zero-order chi connectivity index (χ0) is 12.4. The third-order valence-electron chi connectivity index (χ3n) is 3.34. The number of nitrogen functional groups attached to an aromatic ring is 1. The van der Waals surface area contributed by atoms with Gasteiger partial charge in [-0.3, -0.25) is 4.98 Å². The summed E-state index contributed by atoms with van der Waals surface area (Å²) in [7, 11) is 0. The Hall–Kier alpha value is -1.42. The number of hydrogen-bond acceptors (Lipinski definition) is 4. The van der Waals surface area contributed by atoms with Gasteiger partial charge in [-0.15, -0.1) is 0 Å². The number of thioether (sulfide) groups is 1. The summed E-state index contributed by atoms with van der Waals surface area (Å²) in [6.07, 6.45) is 3.05. The summed E-state index contributed by atoms with van der Waals surface area (Å²) in [5, 5.41) is 1.17. The molecule has 3 rings (SSSR count). The predicted molar refractivity (Wildman–Crippen MR) is 80.3 cm³/mol. The first-order valence-electron chi connectivity index (χ1n) is 6.32. The molecule has 1 aliphatic heterocycles. The average Bonchev–Trinajstić information content (AvgIpc) is 2.68. The second kappa shape index (κ2) is 5.06. The molecular weight excluding hydrogens is 242 g/mol. The number of anilines is 2. The molecule has 1 saturated heterocycles. The highest BCUT2D eigenvalue weighted by Gasteiger charge is 2.13. The van der Waals surface area contributed by atoms with E-state index in [0.29, 0.717) is 0 Å². The summed E-state index contributed by atoms with van der Waals surface area (Å²) >= 11 is 2.04. The topological polar surface area (TPSA) is 42.1 Å². The van der Waals surface area contributed by atoms with Crippen molar-refractivity contribution in [1.82, 2.24) is 4.98 Å². The molecule has 0 spiro atoms. The number of pyridine rings is 1. The SMILES string of the molecule is Nc1ccc(N2CCCSCC2)c2cccnc12. The maximum absolute atomic E-state index is 6.00. The highest BCUT2D eigenvalue weighted by Crippen LogP contribution is 2.30. The fraction of sp³-hybridized carbons (Fsp3) is 0.357. The highest BCUT2D eigenvalue weighted by molar-refractivity contribution is 7.99. The van der Waals surface area contributed by atoms with Crippen LogP contribution in [0.15, 0.2) is 30.5 Å². The molecule has 1 fully saturated rings. The molecule has 0 aliphatic carbocycles. The molecule has 0 amide bonds. The van der Waals surface area contributed by atoms with Crippen LogP contribution in [0.2, 0.25) is 0 Å². The largest absolute Gasteiger partial charge is 0.397 e. The van der Waals surface area contributed by atoms with Crippen LogP contribution in [0.4, 0.5) is 11.4 Å². The first-order valence-corrected chi connectivity index (χ1v) is 7.47. The van der Waals surface area contributed by atoms with Crippen molar-refractivity contribution in [3.8, 4) is 0 Å². The van der Waals surface area contributed by atoms with Crippen LogP contribution >= 0.6 is 11.8 Å². The first kappa shape index (κ1) is 11.7. The molecule has 1 aromatic carbocycles. The summed E-state index contributed by atoms with van der Waals surface area (Å²) in [6, 6.07) is 8.21. The van der Waals surface area contributed by atoms with Crippen LogP contribution in [0.25, 0.3) is 10.9 Å². The second-order valence-electron chi connectivity index (χ2n) is 4.53. The lowest BCUT2D eigenvalue weighted by Gasteiger charge is -2.24. The molecule has 0 unspecified atom stereocenters. The number of nitrogens with two attached hydrogens (primary N) is 1. The lowest BCUT2D eigenvalue weighted by atomic mass is 10.1. The minimum atomic E-state index is 0.763. The predicted octanol–water partition coefficient (Wildman–Crippen LogP) is 2.76. The third kappa shape index (κ3) is 2.12. The van der Waals surface area contributed by atoms with Gasteiger partial charge in [0.15, 0.2) is 0 Å². The molecule has 0 bridgehead atoms. The van der Waals surface area contributed by atoms with Crippen LogP contribution in [0.3, 0.4) is 0 Å². The Morgan fingerprint density at radius 1 is 1.17 bits per heavy atom. The standard InChI is InChI=1S/C14H17N3S/c15-12-4-5-13(11-3-1-6-16-14(11)12)17-7-2-9-18-10-8-17/h1,3-6H,2,7-10,15H2. The molecule has 1 aromatic heterocycles. The van der Waals surface area contributed by atoms with Crippen LogP contribution in [0, 0.1) is 0 Å². The fourth-order valence-electron chi connectivity index (χ4n) is 2.44. The molecule has 18 heavy (non-hydrogen) atoms. The third-order valence-corrected chi connectivity index (χ3v) is 4.39. The number of benzene rings is 1. The first-order chi connectivity index (χ1) is 8.86. The summed E-state index contributed by atoms with van der Waals surface area (Å²) in [4.78, 5) is 6.86. The summed E-state index contributed by atoms with van der Waals surface area (Å²) < 4.78 is 0. The van der Waals surface area contributed by atoms with E-state index in [9.17, 15) is 0 Å². The van der Waals surface area contributed by atoms with Crippen molar-refractivity contribution in [3.63, 3.8) is 0 Å². The Morgan fingerprint density at radius 3 is 3.06 bits per heavy atom. The summed E-state index contributed by atoms with van der Waals surface area (Å²) in [5.74, 6) is 2.47. The van der Waals surface area contributed by atoms with Crippen molar-refractivity contribution >= 4 is 34.0 Å². The zero-order valence-corrected chi connectivity index (χ0v) is 11.1. The van der Waals surface area contributed by atoms with Gasteiger partial charge in [-0.1, -0.05) is 0 Å². The molecule has 0 saturated carbocycles. The van der Waals surface area contributed by atoms with Crippen molar-refractivity contribution in [3.05, 3.63) is 30.5 Å². The van der Waals surface area contributed by atoms with E-state index >= 15 is 0 Å². The molecule has 0 atom stereocenters. The van der Waals surface area contributed by atoms with E-state index in [2.05, 4.69) is 22.0 Å². The Kier molecular flexibility index (Phi) is 3.28. The van der Waals surface area contributed by atoms with Gasteiger partial charge in [-0.05, 0) is 36.4 Å². The molecule has 2 heterocycles. The van der Waals surface area contributed by atoms with Gasteiger partial charge in [0, 0.05) is 36.1 Å². The van der Waals surface area contributed by atoms with E-state index in [4.69, 9.17) is 5.73 Å². The fourth-order valence-corrected chi connectivity index (χ4v) is 3.33. The minimum absolute atomic E-state index is 0.763. The van der Waals surface area contributed by atoms with Crippen LogP contribution in [0.5, 0.6) is 0 Å². The van der Waals surface area contributed by atoms with Gasteiger partial charge in [0.05, 0.1) is 11.2 Å². The van der Waals surface area contributed by atoms with Crippen LogP contribution in [0.1, 0.15) is 6.42 Å². The lowest BCUT2D eigenvalue weighted by Crippen LogP contribution is -2.25. The molecule has 2 N–H and O–H groups in total. The molecule has 3 nitrogen and oxygen atoms in total. The van der Waals surface area contributed by atoms with E-state index in [0.717, 1.165) is 24.3 Å². The van der Waals surface area contributed by atoms with Crippen molar-refractivity contribution in [2.75, 3.05) is 35.2 Å². The summed E-state index contributed by atoms with van der Waals surface area (Å²) in [6.45, 7) is 2.24. The van der Waals surface area contributed by atoms with Gasteiger partial charge in [-0.25, -0.2) is 0 Å². The lowest BCUT2D eigenvalue weighted by molar-refractivity contribution is 0.819. The van der Waals surface area contributed by atoms with E-state index in [1.807, 2.05) is 23.9 Å². The highest BCUT2D eigenvalue weighted by atomic mass is 32.2. The van der Waals surface area contributed by atoms with Crippen molar-refractivity contribution < 1.29 is 0 Å². The smallest absolute Gasteiger partial charge is 0.0951 e. The van der Waals surface area contributed by atoms with Gasteiger partial charge in [0.25, 0.3) is 0 Å². The van der Waals surface area contributed by atoms with E-state index in [-0.39, 0.29) is 0 Å². The van der Waals surface area contributed by atoms with E-state index in [1.54, 1.807) is 6.20 Å². The number of hydrogen-bond donors (Lipinski definition) is 1. The normalized spacial score (nSPS) is 16.8. The maximum atomic E-state index is 6.00. The molecule has 94 valence electrons. The Labute approximate surface area is 111 Å². The average molecular weight is 259 g/mol. The van der Waals surface area contributed by atoms with Gasteiger partial charge < -0.3 is 10.6 Å². The Balaban J connectivity index is 2.08. The molecule has 4 heteroatoms. The van der Waals surface area contributed by atoms with Crippen molar-refractivity contribution in [1.29, 1.82) is 0 Å². The van der Waals surface area contributed by atoms with Crippen molar-refractivity contribution in [2.24, 2.45) is 0 Å². The maximum Gasteiger partial charge on any atom is 0.0951 e. The van der Waals surface area contributed by atoms with Gasteiger partial charge >= 0.3 is 0 Å². The van der Waals surface area contributed by atoms with Gasteiger partial charge in [0.1, 0.15) is 0 Å². The number of nitrogens with zero attached hydrogens (tertiary/aromatic N) is 2. The monoisotopic (exact) mass is 259 g/mol. The quantitative estimate of drug-likeness (QED) is 0.800. The summed E-state index contributed by atoms with van der Waals surface area (Å²) in [5.41, 5.74) is 8.96. The minimum Gasteiger partial charge on any atom is -0.397 e. The van der Waals surface area contributed by atoms with Gasteiger partial charge in [0.2, 0.25) is 0 Å². The number of fused-ring (bicyclic) bond motifs is 1. The van der Waals surface area contributed by atoms with E-state index < -0.39 is 0 Å². The molecule has 2 aromatic rings. The number of rotatable bonds is 1. The zero-order valence-electron chi connectivity index (χ0n) is 10.3. The van der Waals surface area contributed by atoms with Crippen LogP contribution in [-0.2, 0) is 0 Å². The number of aromatic nitrogens is 1. The van der Waals surface area contributed by atoms with Crippen molar-refractivity contribution in [2.45, 2.75) is 6.42 Å². The second-order valence-corrected chi connectivity index (χ2v) is 5.75. The molecular formula is C14H17N3S. The van der Waals surface area contributed by atoms with E-state index in [1.165, 1.54) is 29.0 Å². The Morgan fingerprint density at radius 2 is 2.11 bits per heavy atom. The van der Waals surface area contributed by atoms with Crippen LogP contribution < -0.4 is 10.6 Å². The van der Waals surface area contributed by atoms with Gasteiger partial charge in [-0.2, -0.15) is 11.8 Å². The molecule has 1 aliphatic rings.